The van der Waals surface area contributed by atoms with E-state index in [4.69, 9.17) is 28.0 Å². The lowest BCUT2D eigenvalue weighted by molar-refractivity contribution is -0.275. The molecule has 0 bridgehead atoms. The molecule has 0 saturated carbocycles. The van der Waals surface area contributed by atoms with Crippen LogP contribution in [-0.2, 0) is 25.6 Å². The van der Waals surface area contributed by atoms with Gasteiger partial charge in [0.15, 0.2) is 5.67 Å². The number of oxime groups is 1. The summed E-state index contributed by atoms with van der Waals surface area (Å²) in [5.74, 6) is 0. The van der Waals surface area contributed by atoms with E-state index in [2.05, 4.69) is 15.2 Å². The number of nitrogens with zero attached hydrogens (tertiary/aromatic N) is 1. The van der Waals surface area contributed by atoms with Gasteiger partial charge in [-0.25, -0.2) is 4.39 Å². The molecular formula is C24H24Cl2F4N2O3. The molecule has 2 heterocycles. The number of carbonyl (C=O) groups is 1. The van der Waals surface area contributed by atoms with Gasteiger partial charge in [0.1, 0.15) is 5.60 Å². The van der Waals surface area contributed by atoms with Crippen molar-refractivity contribution in [3.63, 3.8) is 0 Å². The predicted octanol–water partition coefficient (Wildman–Crippen LogP) is 6.30. The maximum absolute atomic E-state index is 14.4. The number of hydrogen-bond acceptors (Lipinski definition) is 5. The Bertz CT molecular complexity index is 1080. The van der Waals surface area contributed by atoms with Crippen LogP contribution in [0.5, 0.6) is 0 Å². The number of hydrogen-bond donors (Lipinski definition) is 1. The highest BCUT2D eigenvalue weighted by Gasteiger charge is 2.62. The zero-order valence-corrected chi connectivity index (χ0v) is 20.7. The molecule has 4 rings (SSSR count). The summed E-state index contributed by atoms with van der Waals surface area (Å²) in [7, 11) is 0. The topological polar surface area (TPSA) is 59.9 Å². The maximum Gasteiger partial charge on any atom is 0.435 e. The summed E-state index contributed by atoms with van der Waals surface area (Å²) < 4.78 is 60.9. The quantitative estimate of drug-likeness (QED) is 0.369. The average Bonchev–Trinajstić information content (AvgIpc) is 3.18. The van der Waals surface area contributed by atoms with Crippen molar-refractivity contribution in [3.8, 4) is 0 Å². The highest BCUT2D eigenvalue weighted by Crippen LogP contribution is 2.49. The van der Waals surface area contributed by atoms with Gasteiger partial charge in [-0.3, -0.25) is 4.79 Å². The van der Waals surface area contributed by atoms with E-state index in [1.165, 1.54) is 18.2 Å². The van der Waals surface area contributed by atoms with Crippen LogP contribution in [-0.4, -0.2) is 37.1 Å². The Balaban J connectivity index is 0.000000429. The van der Waals surface area contributed by atoms with Gasteiger partial charge in [-0.2, -0.15) is 13.2 Å². The third-order valence-electron chi connectivity index (χ3n) is 5.46. The van der Waals surface area contributed by atoms with Crippen molar-refractivity contribution in [2.45, 2.75) is 50.2 Å². The van der Waals surface area contributed by atoms with Crippen LogP contribution in [0.1, 0.15) is 43.9 Å². The van der Waals surface area contributed by atoms with Crippen LogP contribution in [0.3, 0.4) is 0 Å². The molecule has 0 aromatic heterocycles. The van der Waals surface area contributed by atoms with Gasteiger partial charge >= 0.3 is 6.18 Å². The number of benzene rings is 2. The van der Waals surface area contributed by atoms with Gasteiger partial charge in [0, 0.05) is 35.1 Å². The van der Waals surface area contributed by atoms with E-state index < -0.39 is 23.9 Å². The molecule has 0 spiro atoms. The molecule has 0 amide bonds. The Morgan fingerprint density at radius 1 is 1.03 bits per heavy atom. The van der Waals surface area contributed by atoms with Crippen LogP contribution >= 0.6 is 23.2 Å². The molecule has 11 heteroatoms. The van der Waals surface area contributed by atoms with Crippen LogP contribution in [0.4, 0.5) is 17.6 Å². The van der Waals surface area contributed by atoms with Gasteiger partial charge in [-0.1, -0.05) is 52.6 Å². The minimum atomic E-state index is -4.76. The molecular weight excluding hydrogens is 511 g/mol. The summed E-state index contributed by atoms with van der Waals surface area (Å²) in [4.78, 5) is 14.6. The third kappa shape index (κ3) is 6.08. The second-order valence-corrected chi connectivity index (χ2v) is 10.1. The smallest absolute Gasteiger partial charge is 0.435 e. The molecule has 2 aliphatic rings. The van der Waals surface area contributed by atoms with E-state index >= 15 is 0 Å². The molecule has 1 atom stereocenters. The summed E-state index contributed by atoms with van der Waals surface area (Å²) in [6.45, 7) is 6.34. The van der Waals surface area contributed by atoms with Crippen LogP contribution in [0.2, 0.25) is 10.0 Å². The van der Waals surface area contributed by atoms with E-state index in [0.29, 0.717) is 17.6 Å². The molecule has 2 aliphatic heterocycles. The lowest BCUT2D eigenvalue weighted by Gasteiger charge is -2.35. The van der Waals surface area contributed by atoms with Gasteiger partial charge in [-0.05, 0) is 50.1 Å². The Morgan fingerprint density at radius 3 is 2.00 bits per heavy atom. The molecule has 0 radical (unpaired) electrons. The van der Waals surface area contributed by atoms with E-state index in [1.807, 2.05) is 20.8 Å². The molecule has 2 aromatic carbocycles. The molecule has 1 fully saturated rings. The van der Waals surface area contributed by atoms with Gasteiger partial charge in [0.05, 0.1) is 5.71 Å². The molecule has 190 valence electrons. The largest absolute Gasteiger partial charge is 0.462 e. The average molecular weight is 535 g/mol. The lowest BCUT2D eigenvalue weighted by Crippen LogP contribution is -2.53. The van der Waals surface area contributed by atoms with Gasteiger partial charge in [0.25, 0.3) is 12.1 Å². The molecule has 1 N–H and O–H groups in total. The number of halogens is 6. The Labute approximate surface area is 210 Å². The van der Waals surface area contributed by atoms with Crippen molar-refractivity contribution in [2.24, 2.45) is 5.16 Å². The van der Waals surface area contributed by atoms with Crippen molar-refractivity contribution >= 4 is 35.4 Å². The molecule has 1 saturated heterocycles. The van der Waals surface area contributed by atoms with Crippen molar-refractivity contribution in [3.05, 3.63) is 69.2 Å². The number of nitrogens with one attached hydrogen (secondary N) is 1. The summed E-state index contributed by atoms with van der Waals surface area (Å²) in [5, 5.41) is 6.68. The van der Waals surface area contributed by atoms with Crippen LogP contribution in [0, 0.1) is 0 Å². The highest BCUT2D eigenvalue weighted by atomic mass is 35.5. The van der Waals surface area contributed by atoms with Gasteiger partial charge in [0.2, 0.25) is 0 Å². The first-order valence-electron chi connectivity index (χ1n) is 10.6. The summed E-state index contributed by atoms with van der Waals surface area (Å²) in [5.41, 5.74) is -3.66. The van der Waals surface area contributed by atoms with Crippen molar-refractivity contribution in [1.29, 1.82) is 0 Å². The van der Waals surface area contributed by atoms with E-state index in [9.17, 15) is 22.4 Å². The van der Waals surface area contributed by atoms with Crippen LogP contribution < -0.4 is 5.32 Å². The number of alkyl halides is 4. The normalized spacial score (nSPS) is 21.1. The fourth-order valence-corrected chi connectivity index (χ4v) is 4.03. The maximum atomic E-state index is 14.4. The fraction of sp³-hybridized carbons (Fsp3) is 0.417. The first kappa shape index (κ1) is 27.2. The highest BCUT2D eigenvalue weighted by molar-refractivity contribution is 6.34. The summed E-state index contributed by atoms with van der Waals surface area (Å²) >= 11 is 11.8. The molecule has 35 heavy (non-hydrogen) atoms. The number of rotatable bonds is 4. The summed E-state index contributed by atoms with van der Waals surface area (Å²) in [6, 6.07) is 9.89. The second-order valence-electron chi connectivity index (χ2n) is 9.26. The van der Waals surface area contributed by atoms with E-state index in [1.54, 1.807) is 24.3 Å². The van der Waals surface area contributed by atoms with Crippen molar-refractivity contribution in [2.75, 3.05) is 13.1 Å². The molecule has 0 aliphatic carbocycles. The zero-order valence-electron chi connectivity index (χ0n) is 19.2. The zero-order chi connectivity index (χ0) is 26.1. The molecule has 2 aromatic rings. The number of carbonyl (C=O) groups excluding carboxylic acids is 1. The Kier molecular flexibility index (Phi) is 7.74. The second kappa shape index (κ2) is 9.95. The van der Waals surface area contributed by atoms with E-state index in [0.717, 1.165) is 0 Å². The lowest BCUT2D eigenvalue weighted by atomic mass is 9.85. The predicted molar refractivity (Wildman–Crippen MR) is 125 cm³/mol. The van der Waals surface area contributed by atoms with Crippen molar-refractivity contribution < 1.29 is 31.9 Å². The SMILES string of the molecule is CC(C)(C)OC=O.FC1(c2ccc(C3=NO[C@](c4cc(Cl)cc(Cl)c4)(C(F)(F)F)C3)cc2)CNC1. The minimum Gasteiger partial charge on any atom is -0.462 e. The van der Waals surface area contributed by atoms with Crippen molar-refractivity contribution in [1.82, 2.24) is 5.32 Å². The van der Waals surface area contributed by atoms with Crippen LogP contribution in [0.15, 0.2) is 47.6 Å². The fourth-order valence-electron chi connectivity index (χ4n) is 3.50. The first-order chi connectivity index (χ1) is 16.2. The summed E-state index contributed by atoms with van der Waals surface area (Å²) in [6.07, 6.45) is -5.30. The number of ether oxygens (including phenoxy) is 1. The Hall–Kier alpha value is -2.36. The molecule has 0 unspecified atom stereocenters. The standard InChI is InChI=1S/C19H14Cl2F4N2O.C5H10O2/c20-14-5-13(6-15(21)7-14)18(19(23,24)25)8-16(27-28-18)11-1-3-12(4-2-11)17(22)9-26-10-17;1-5(2,3)7-4-6/h1-7,26H,8-10H2;4H,1-3H3/t18-;/m1./s1. The van der Waals surface area contributed by atoms with Gasteiger partial charge in [-0.15, -0.1) is 0 Å². The Morgan fingerprint density at radius 2 is 1.60 bits per heavy atom. The minimum absolute atomic E-state index is 0.0647. The van der Waals surface area contributed by atoms with E-state index in [-0.39, 0.29) is 40.0 Å². The van der Waals surface area contributed by atoms with Gasteiger partial charge < -0.3 is 14.9 Å². The first-order valence-corrected chi connectivity index (χ1v) is 11.4. The molecule has 5 nitrogen and oxygen atoms in total. The van der Waals surface area contributed by atoms with Crippen LogP contribution in [0.25, 0.3) is 0 Å². The third-order valence-corrected chi connectivity index (χ3v) is 5.90. The monoisotopic (exact) mass is 534 g/mol.